The average molecular weight is 410 g/mol. The Hall–Kier alpha value is -1.48. The van der Waals surface area contributed by atoms with Gasteiger partial charge in [-0.05, 0) is 44.2 Å². The average Bonchev–Trinajstić information content (AvgIpc) is 2.86. The summed E-state index contributed by atoms with van der Waals surface area (Å²) in [6.45, 7) is 4.52. The van der Waals surface area contributed by atoms with Crippen molar-refractivity contribution < 1.29 is 18.3 Å². The quantitative estimate of drug-likeness (QED) is 0.763. The Bertz CT molecular complexity index is 763. The fourth-order valence-electron chi connectivity index (χ4n) is 4.23. The molecule has 28 heavy (non-hydrogen) atoms. The van der Waals surface area contributed by atoms with E-state index in [1.165, 1.54) is 11.2 Å². The lowest BCUT2D eigenvalue weighted by molar-refractivity contribution is -0.120. The highest BCUT2D eigenvalue weighted by Gasteiger charge is 2.36. The standard InChI is InChI=1S/C20H31N3O4S/c1-17(24)21-18-8-13-22(14-9-18)16-20(25)10-5-12-23(15-11-20)28(26,27)19-6-3-2-4-7-19/h2-4,6-7,18,25H,5,8-16H2,1H3,(H,21,24). The fraction of sp³-hybridized carbons (Fsp3) is 0.650. The van der Waals surface area contributed by atoms with Gasteiger partial charge in [0.2, 0.25) is 15.9 Å². The van der Waals surface area contributed by atoms with E-state index >= 15 is 0 Å². The van der Waals surface area contributed by atoms with Crippen molar-refractivity contribution in [3.8, 4) is 0 Å². The second kappa shape index (κ2) is 8.90. The van der Waals surface area contributed by atoms with E-state index in [4.69, 9.17) is 0 Å². The van der Waals surface area contributed by atoms with Gasteiger partial charge >= 0.3 is 0 Å². The first-order valence-corrected chi connectivity index (χ1v) is 11.5. The third kappa shape index (κ3) is 5.31. The predicted molar refractivity (Wildman–Crippen MR) is 107 cm³/mol. The first-order valence-electron chi connectivity index (χ1n) is 10.1. The van der Waals surface area contributed by atoms with Gasteiger partial charge in [0.15, 0.2) is 0 Å². The van der Waals surface area contributed by atoms with E-state index in [0.717, 1.165) is 25.9 Å². The maximum Gasteiger partial charge on any atom is 0.243 e. The zero-order valence-electron chi connectivity index (χ0n) is 16.5. The predicted octanol–water partition coefficient (Wildman–Crippen LogP) is 1.19. The maximum absolute atomic E-state index is 12.9. The Balaban J connectivity index is 1.56. The van der Waals surface area contributed by atoms with Crippen LogP contribution in [0, 0.1) is 0 Å². The Kier molecular flexibility index (Phi) is 6.75. The monoisotopic (exact) mass is 409 g/mol. The summed E-state index contributed by atoms with van der Waals surface area (Å²) in [6.07, 6.45) is 3.43. The second-order valence-electron chi connectivity index (χ2n) is 8.05. The van der Waals surface area contributed by atoms with Crippen LogP contribution in [-0.2, 0) is 14.8 Å². The third-order valence-electron chi connectivity index (χ3n) is 5.77. The van der Waals surface area contributed by atoms with E-state index in [1.54, 1.807) is 30.3 Å². The van der Waals surface area contributed by atoms with E-state index in [1.807, 2.05) is 0 Å². The Labute approximate surface area is 167 Å². The summed E-state index contributed by atoms with van der Waals surface area (Å²) in [5.74, 6) is 0.000522. The maximum atomic E-state index is 12.9. The molecule has 1 atom stereocenters. The van der Waals surface area contributed by atoms with Crippen molar-refractivity contribution in [3.05, 3.63) is 30.3 Å². The molecule has 1 aromatic carbocycles. The SMILES string of the molecule is CC(=O)NC1CCN(CC2(O)CCCN(S(=O)(=O)c3ccccc3)CC2)CC1. The second-order valence-corrected chi connectivity index (χ2v) is 9.98. The highest BCUT2D eigenvalue weighted by molar-refractivity contribution is 7.89. The number of piperidine rings is 1. The number of carbonyl (C=O) groups is 1. The van der Waals surface area contributed by atoms with Crippen molar-refractivity contribution in [1.82, 2.24) is 14.5 Å². The van der Waals surface area contributed by atoms with Gasteiger partial charge in [-0.2, -0.15) is 4.31 Å². The van der Waals surface area contributed by atoms with Crippen LogP contribution in [-0.4, -0.2) is 73.0 Å². The number of carbonyl (C=O) groups excluding carboxylic acids is 1. The van der Waals surface area contributed by atoms with Gasteiger partial charge in [-0.15, -0.1) is 0 Å². The minimum Gasteiger partial charge on any atom is -0.389 e. The molecular weight excluding hydrogens is 378 g/mol. The summed E-state index contributed by atoms with van der Waals surface area (Å²) in [5.41, 5.74) is -0.873. The van der Waals surface area contributed by atoms with Crippen molar-refractivity contribution >= 4 is 15.9 Å². The van der Waals surface area contributed by atoms with Gasteiger partial charge in [0.25, 0.3) is 0 Å². The molecule has 2 heterocycles. The van der Waals surface area contributed by atoms with Crippen molar-refractivity contribution in [2.45, 2.75) is 55.6 Å². The smallest absolute Gasteiger partial charge is 0.243 e. The van der Waals surface area contributed by atoms with Crippen LogP contribution in [0.15, 0.2) is 35.2 Å². The van der Waals surface area contributed by atoms with E-state index in [0.29, 0.717) is 43.8 Å². The zero-order chi connectivity index (χ0) is 20.2. The number of nitrogens with zero attached hydrogens (tertiary/aromatic N) is 2. The van der Waals surface area contributed by atoms with Crippen LogP contribution < -0.4 is 5.32 Å². The minimum absolute atomic E-state index is 0.000522. The normalized spacial score (nSPS) is 25.9. The molecular formula is C20H31N3O4S. The van der Waals surface area contributed by atoms with Crippen molar-refractivity contribution in [2.75, 3.05) is 32.7 Å². The van der Waals surface area contributed by atoms with E-state index in [2.05, 4.69) is 10.2 Å². The first-order chi connectivity index (χ1) is 13.3. The molecule has 156 valence electrons. The van der Waals surface area contributed by atoms with Crippen LogP contribution in [0.2, 0.25) is 0 Å². The van der Waals surface area contributed by atoms with E-state index in [9.17, 15) is 18.3 Å². The van der Waals surface area contributed by atoms with Crippen LogP contribution in [0.3, 0.4) is 0 Å². The third-order valence-corrected chi connectivity index (χ3v) is 7.68. The van der Waals surface area contributed by atoms with Crippen LogP contribution in [0.25, 0.3) is 0 Å². The molecule has 1 unspecified atom stereocenters. The van der Waals surface area contributed by atoms with Crippen molar-refractivity contribution in [2.24, 2.45) is 0 Å². The molecule has 0 bridgehead atoms. The minimum atomic E-state index is -3.52. The molecule has 1 aromatic rings. The molecule has 2 N–H and O–H groups in total. The molecule has 7 nitrogen and oxygen atoms in total. The number of nitrogens with one attached hydrogen (secondary N) is 1. The number of benzene rings is 1. The largest absolute Gasteiger partial charge is 0.389 e. The summed E-state index contributed by atoms with van der Waals surface area (Å²) in [6, 6.07) is 8.70. The number of hydrogen-bond donors (Lipinski definition) is 2. The number of sulfonamides is 1. The van der Waals surface area contributed by atoms with Crippen molar-refractivity contribution in [3.63, 3.8) is 0 Å². The highest BCUT2D eigenvalue weighted by atomic mass is 32.2. The molecule has 2 saturated heterocycles. The lowest BCUT2D eigenvalue weighted by Gasteiger charge is -2.38. The van der Waals surface area contributed by atoms with Gasteiger partial charge < -0.3 is 15.3 Å². The number of likely N-dealkylation sites (tertiary alicyclic amines) is 1. The Morgan fingerprint density at radius 1 is 1.14 bits per heavy atom. The summed E-state index contributed by atoms with van der Waals surface area (Å²) in [5, 5.41) is 14.1. The van der Waals surface area contributed by atoms with Gasteiger partial charge in [-0.25, -0.2) is 8.42 Å². The molecule has 8 heteroatoms. The van der Waals surface area contributed by atoms with Crippen molar-refractivity contribution in [1.29, 1.82) is 0 Å². The molecule has 0 saturated carbocycles. The molecule has 0 aromatic heterocycles. The number of rotatable bonds is 5. The topological polar surface area (TPSA) is 90.0 Å². The first kappa shape index (κ1) is 21.2. The number of aliphatic hydroxyl groups is 1. The molecule has 0 aliphatic carbocycles. The molecule has 2 fully saturated rings. The number of amides is 1. The van der Waals surface area contributed by atoms with Crippen LogP contribution in [0.4, 0.5) is 0 Å². The summed E-state index contributed by atoms with van der Waals surface area (Å²) in [7, 11) is -3.52. The van der Waals surface area contributed by atoms with E-state index in [-0.39, 0.29) is 11.9 Å². The van der Waals surface area contributed by atoms with Gasteiger partial charge in [-0.3, -0.25) is 4.79 Å². The Morgan fingerprint density at radius 3 is 2.46 bits per heavy atom. The number of β-amino-alcohol motifs (C(OH)–C–C–N with tert-alkyl or cyclic N) is 1. The molecule has 2 aliphatic rings. The highest BCUT2D eigenvalue weighted by Crippen LogP contribution is 2.28. The molecule has 1 amide bonds. The van der Waals surface area contributed by atoms with Crippen LogP contribution >= 0.6 is 0 Å². The van der Waals surface area contributed by atoms with Gasteiger partial charge in [0.05, 0.1) is 10.5 Å². The summed E-state index contributed by atoms with van der Waals surface area (Å²) < 4.78 is 27.2. The molecule has 3 rings (SSSR count). The van der Waals surface area contributed by atoms with Crippen LogP contribution in [0.1, 0.15) is 39.0 Å². The van der Waals surface area contributed by atoms with Gasteiger partial charge in [0, 0.05) is 45.7 Å². The lowest BCUT2D eigenvalue weighted by atomic mass is 9.93. The van der Waals surface area contributed by atoms with Crippen LogP contribution in [0.5, 0.6) is 0 Å². The molecule has 0 radical (unpaired) electrons. The fourth-order valence-corrected chi connectivity index (χ4v) is 5.73. The van der Waals surface area contributed by atoms with Gasteiger partial charge in [-0.1, -0.05) is 18.2 Å². The zero-order valence-corrected chi connectivity index (χ0v) is 17.3. The lowest BCUT2D eigenvalue weighted by Crippen LogP contribution is -2.50. The summed E-state index contributed by atoms with van der Waals surface area (Å²) in [4.78, 5) is 13.7. The Morgan fingerprint density at radius 2 is 1.82 bits per heavy atom. The number of hydrogen-bond acceptors (Lipinski definition) is 5. The summed E-state index contributed by atoms with van der Waals surface area (Å²) >= 11 is 0. The molecule has 0 spiro atoms. The molecule has 2 aliphatic heterocycles. The van der Waals surface area contributed by atoms with E-state index < -0.39 is 15.6 Å². The van der Waals surface area contributed by atoms with Gasteiger partial charge in [0.1, 0.15) is 0 Å².